The first-order chi connectivity index (χ1) is 11.0. The number of carbonyl (C=O) groups excluding carboxylic acids is 2. The minimum absolute atomic E-state index is 0.0189. The summed E-state index contributed by atoms with van der Waals surface area (Å²) in [5.74, 6) is 1.13. The Bertz CT molecular complexity index is 572. The van der Waals surface area contributed by atoms with Gasteiger partial charge in [0.25, 0.3) is 5.91 Å². The molecule has 1 amide bonds. The topological polar surface area (TPSA) is 73.9 Å². The molecule has 0 aliphatic heterocycles. The summed E-state index contributed by atoms with van der Waals surface area (Å²) in [6.45, 7) is 2.24. The molecule has 23 heavy (non-hydrogen) atoms. The highest BCUT2D eigenvalue weighted by atomic mass is 16.5. The van der Waals surface area contributed by atoms with E-state index in [9.17, 15) is 9.59 Å². The molecule has 1 N–H and O–H groups in total. The number of ether oxygens (including phenoxy) is 3. The number of methoxy groups -OCH3 is 2. The second-order valence-corrected chi connectivity index (χ2v) is 5.72. The standard InChI is InChI=1S/C17H23NO5/c1-11-8-13(11)17(20)23-10-16(19)18-7-6-12-4-5-14(21-2)15(9-12)22-3/h4-5,9,11,13H,6-8,10H2,1-3H3,(H,18,19)/t11-,13-/m1/s1. The lowest BCUT2D eigenvalue weighted by Crippen LogP contribution is -2.30. The van der Waals surface area contributed by atoms with Crippen LogP contribution in [0.25, 0.3) is 0 Å². The van der Waals surface area contributed by atoms with Crippen molar-refractivity contribution in [2.75, 3.05) is 27.4 Å². The van der Waals surface area contributed by atoms with Gasteiger partial charge in [-0.3, -0.25) is 9.59 Å². The highest BCUT2D eigenvalue weighted by molar-refractivity contribution is 5.82. The van der Waals surface area contributed by atoms with Crippen molar-refractivity contribution in [1.29, 1.82) is 0 Å². The lowest BCUT2D eigenvalue weighted by atomic mass is 10.1. The predicted molar refractivity (Wildman–Crippen MR) is 84.5 cm³/mol. The molecule has 0 heterocycles. The predicted octanol–water partition coefficient (Wildman–Crippen LogP) is 1.56. The molecular formula is C17H23NO5. The zero-order valence-electron chi connectivity index (χ0n) is 13.8. The Morgan fingerprint density at radius 1 is 1.22 bits per heavy atom. The Kier molecular flexibility index (Phi) is 5.84. The Morgan fingerprint density at radius 2 is 1.91 bits per heavy atom. The summed E-state index contributed by atoms with van der Waals surface area (Å²) in [5, 5.41) is 2.73. The van der Waals surface area contributed by atoms with Crippen LogP contribution in [0.5, 0.6) is 11.5 Å². The van der Waals surface area contributed by atoms with Crippen LogP contribution in [0, 0.1) is 11.8 Å². The molecule has 0 saturated heterocycles. The molecule has 0 radical (unpaired) electrons. The van der Waals surface area contributed by atoms with Gasteiger partial charge in [0.1, 0.15) is 0 Å². The number of amides is 1. The van der Waals surface area contributed by atoms with Crippen LogP contribution >= 0.6 is 0 Å². The third kappa shape index (κ3) is 4.87. The normalized spacial score (nSPS) is 18.9. The van der Waals surface area contributed by atoms with E-state index in [-0.39, 0.29) is 24.4 Å². The summed E-state index contributed by atoms with van der Waals surface area (Å²) in [7, 11) is 3.17. The average molecular weight is 321 g/mol. The van der Waals surface area contributed by atoms with Crippen molar-refractivity contribution in [2.24, 2.45) is 11.8 Å². The Hall–Kier alpha value is -2.24. The van der Waals surface area contributed by atoms with Gasteiger partial charge >= 0.3 is 5.97 Å². The molecule has 0 aromatic heterocycles. The van der Waals surface area contributed by atoms with Gasteiger partial charge in [-0.1, -0.05) is 13.0 Å². The molecule has 0 spiro atoms. The zero-order valence-corrected chi connectivity index (χ0v) is 13.8. The van der Waals surface area contributed by atoms with Crippen molar-refractivity contribution in [1.82, 2.24) is 5.32 Å². The fourth-order valence-electron chi connectivity index (χ4n) is 2.33. The SMILES string of the molecule is COc1ccc(CCNC(=O)COC(=O)[C@@H]2C[C@H]2C)cc1OC. The van der Waals surface area contributed by atoms with E-state index in [2.05, 4.69) is 5.32 Å². The molecule has 1 aromatic carbocycles. The number of rotatable bonds is 8. The van der Waals surface area contributed by atoms with Crippen molar-refractivity contribution < 1.29 is 23.8 Å². The third-order valence-electron chi connectivity index (χ3n) is 3.94. The summed E-state index contributed by atoms with van der Waals surface area (Å²) < 4.78 is 15.4. The summed E-state index contributed by atoms with van der Waals surface area (Å²) in [6, 6.07) is 5.62. The van der Waals surface area contributed by atoms with Gasteiger partial charge in [0.2, 0.25) is 0 Å². The van der Waals surface area contributed by atoms with Crippen LogP contribution < -0.4 is 14.8 Å². The van der Waals surface area contributed by atoms with Crippen LogP contribution in [0.3, 0.4) is 0 Å². The van der Waals surface area contributed by atoms with E-state index in [0.29, 0.717) is 30.4 Å². The van der Waals surface area contributed by atoms with Gasteiger partial charge < -0.3 is 19.5 Å². The van der Waals surface area contributed by atoms with Crippen LogP contribution in [-0.4, -0.2) is 39.2 Å². The zero-order chi connectivity index (χ0) is 16.8. The lowest BCUT2D eigenvalue weighted by molar-refractivity contribution is -0.150. The first-order valence-corrected chi connectivity index (χ1v) is 7.69. The monoisotopic (exact) mass is 321 g/mol. The van der Waals surface area contributed by atoms with Crippen molar-refractivity contribution in [3.63, 3.8) is 0 Å². The molecule has 0 unspecified atom stereocenters. The highest BCUT2D eigenvalue weighted by Crippen LogP contribution is 2.38. The molecule has 6 nitrogen and oxygen atoms in total. The molecule has 1 aliphatic rings. The maximum atomic E-state index is 11.7. The van der Waals surface area contributed by atoms with Gasteiger partial charge in [0, 0.05) is 6.54 Å². The molecule has 1 fully saturated rings. The molecule has 1 saturated carbocycles. The molecule has 2 rings (SSSR count). The quantitative estimate of drug-likeness (QED) is 0.736. The molecule has 126 valence electrons. The van der Waals surface area contributed by atoms with Crippen LogP contribution in [0.15, 0.2) is 18.2 Å². The van der Waals surface area contributed by atoms with Crippen LogP contribution in [0.4, 0.5) is 0 Å². The number of benzene rings is 1. The third-order valence-corrected chi connectivity index (χ3v) is 3.94. The van der Waals surface area contributed by atoms with Gasteiger partial charge in [-0.05, 0) is 36.5 Å². The van der Waals surface area contributed by atoms with E-state index in [0.717, 1.165) is 12.0 Å². The summed E-state index contributed by atoms with van der Waals surface area (Å²) in [6.07, 6.45) is 1.51. The maximum absolute atomic E-state index is 11.7. The summed E-state index contributed by atoms with van der Waals surface area (Å²) in [5.41, 5.74) is 1.02. The van der Waals surface area contributed by atoms with Crippen molar-refractivity contribution in [3.8, 4) is 11.5 Å². The maximum Gasteiger partial charge on any atom is 0.309 e. The highest BCUT2D eigenvalue weighted by Gasteiger charge is 2.40. The van der Waals surface area contributed by atoms with Gasteiger partial charge in [0.05, 0.1) is 20.1 Å². The first kappa shape index (κ1) is 17.1. The second-order valence-electron chi connectivity index (χ2n) is 5.72. The Labute approximate surface area is 136 Å². The minimum atomic E-state index is -0.285. The van der Waals surface area contributed by atoms with E-state index < -0.39 is 0 Å². The van der Waals surface area contributed by atoms with Crippen LogP contribution in [0.1, 0.15) is 18.9 Å². The average Bonchev–Trinajstić information content (AvgIpc) is 3.29. The fourth-order valence-corrected chi connectivity index (χ4v) is 2.33. The fraction of sp³-hybridized carbons (Fsp3) is 0.529. The van der Waals surface area contributed by atoms with Gasteiger partial charge in [-0.2, -0.15) is 0 Å². The molecular weight excluding hydrogens is 298 g/mol. The van der Waals surface area contributed by atoms with Gasteiger partial charge in [0.15, 0.2) is 18.1 Å². The Balaban J connectivity index is 1.69. The summed E-state index contributed by atoms with van der Waals surface area (Å²) in [4.78, 5) is 23.2. The molecule has 0 bridgehead atoms. The number of nitrogens with one attached hydrogen (secondary N) is 1. The smallest absolute Gasteiger partial charge is 0.309 e. The minimum Gasteiger partial charge on any atom is -0.493 e. The van der Waals surface area contributed by atoms with Crippen molar-refractivity contribution in [3.05, 3.63) is 23.8 Å². The molecule has 2 atom stereocenters. The largest absolute Gasteiger partial charge is 0.493 e. The molecule has 1 aliphatic carbocycles. The van der Waals surface area contributed by atoms with E-state index in [4.69, 9.17) is 14.2 Å². The number of hydrogen-bond donors (Lipinski definition) is 1. The van der Waals surface area contributed by atoms with E-state index >= 15 is 0 Å². The number of carbonyl (C=O) groups is 2. The second kappa shape index (κ2) is 7.85. The molecule has 6 heteroatoms. The molecule has 1 aromatic rings. The lowest BCUT2D eigenvalue weighted by Gasteiger charge is -2.10. The van der Waals surface area contributed by atoms with Crippen molar-refractivity contribution >= 4 is 11.9 Å². The number of hydrogen-bond acceptors (Lipinski definition) is 5. The van der Waals surface area contributed by atoms with Crippen LogP contribution in [0.2, 0.25) is 0 Å². The van der Waals surface area contributed by atoms with E-state index in [1.807, 2.05) is 25.1 Å². The Morgan fingerprint density at radius 3 is 2.52 bits per heavy atom. The first-order valence-electron chi connectivity index (χ1n) is 7.69. The van der Waals surface area contributed by atoms with Crippen LogP contribution in [-0.2, 0) is 20.7 Å². The van der Waals surface area contributed by atoms with Crippen molar-refractivity contribution in [2.45, 2.75) is 19.8 Å². The van der Waals surface area contributed by atoms with E-state index in [1.165, 1.54) is 0 Å². The van der Waals surface area contributed by atoms with Gasteiger partial charge in [-0.15, -0.1) is 0 Å². The van der Waals surface area contributed by atoms with Gasteiger partial charge in [-0.25, -0.2) is 0 Å². The van der Waals surface area contributed by atoms with E-state index in [1.54, 1.807) is 14.2 Å². The number of esters is 1. The summed E-state index contributed by atoms with van der Waals surface area (Å²) >= 11 is 0.